The molecule has 0 saturated heterocycles. The van der Waals surface area contributed by atoms with Crippen LogP contribution in [-0.2, 0) is 0 Å². The lowest BCUT2D eigenvalue weighted by Crippen LogP contribution is -2.41. The molecule has 0 aromatic rings. The van der Waals surface area contributed by atoms with E-state index in [1.54, 1.807) is 0 Å². The van der Waals surface area contributed by atoms with Crippen LogP contribution in [-0.4, -0.2) is 17.8 Å². The molecule has 3 fully saturated rings. The molecule has 0 radical (unpaired) electrons. The Morgan fingerprint density at radius 2 is 1.92 bits per heavy atom. The Morgan fingerprint density at radius 3 is 2.33 bits per heavy atom. The molecule has 2 heteroatoms. The molecule has 0 spiro atoms. The number of hydrogen-bond acceptors (Lipinski definition) is 2. The molecule has 0 amide bonds. The highest BCUT2D eigenvalue weighted by molar-refractivity contribution is 4.89. The smallest absolute Gasteiger partial charge is 0.0693 e. The van der Waals surface area contributed by atoms with Crippen molar-refractivity contribution < 1.29 is 5.11 Å². The van der Waals surface area contributed by atoms with Gasteiger partial charge in [0.1, 0.15) is 0 Å². The Bertz CT molecular complexity index is 152. The van der Waals surface area contributed by atoms with Crippen LogP contribution in [0.1, 0.15) is 32.1 Å². The lowest BCUT2D eigenvalue weighted by molar-refractivity contribution is 0.00126. The van der Waals surface area contributed by atoms with Crippen LogP contribution >= 0.6 is 0 Å². The Hall–Kier alpha value is -0.0800. The molecular formula is C10H19NO. The number of aliphatic hydroxyl groups excluding tert-OH is 1. The van der Waals surface area contributed by atoms with Gasteiger partial charge < -0.3 is 10.8 Å². The predicted molar refractivity (Wildman–Crippen MR) is 48.6 cm³/mol. The Kier molecular flexibility index (Phi) is 2.37. The molecule has 0 aliphatic heterocycles. The molecule has 3 rings (SSSR count). The average Bonchev–Trinajstić information content (AvgIpc) is 2.18. The van der Waals surface area contributed by atoms with E-state index in [0.29, 0.717) is 12.5 Å². The maximum absolute atomic E-state index is 9.68. The summed E-state index contributed by atoms with van der Waals surface area (Å²) in [4.78, 5) is 0. The summed E-state index contributed by atoms with van der Waals surface area (Å²) in [5.41, 5.74) is 5.48. The largest absolute Gasteiger partial charge is 0.392 e. The molecule has 0 aromatic heterocycles. The molecule has 3 saturated carbocycles. The molecule has 2 bridgehead atoms. The second-order valence-corrected chi connectivity index (χ2v) is 4.48. The quantitative estimate of drug-likeness (QED) is 0.651. The minimum absolute atomic E-state index is 0.224. The highest BCUT2D eigenvalue weighted by Gasteiger charge is 2.38. The second kappa shape index (κ2) is 3.35. The van der Waals surface area contributed by atoms with E-state index < -0.39 is 0 Å². The van der Waals surface area contributed by atoms with Gasteiger partial charge in [-0.1, -0.05) is 12.8 Å². The SMILES string of the molecule is NC[C@@H](O)C1CC2CCC1CC2. The fraction of sp³-hybridized carbons (Fsp3) is 1.00. The summed E-state index contributed by atoms with van der Waals surface area (Å²) in [5, 5.41) is 9.68. The van der Waals surface area contributed by atoms with Crippen molar-refractivity contribution in [2.24, 2.45) is 23.5 Å². The minimum Gasteiger partial charge on any atom is -0.392 e. The van der Waals surface area contributed by atoms with Gasteiger partial charge in [-0.3, -0.25) is 0 Å². The molecule has 70 valence electrons. The van der Waals surface area contributed by atoms with Crippen molar-refractivity contribution in [2.75, 3.05) is 6.54 Å². The first kappa shape index (κ1) is 8.52. The van der Waals surface area contributed by atoms with E-state index in [-0.39, 0.29) is 6.10 Å². The molecule has 12 heavy (non-hydrogen) atoms. The number of hydrogen-bond donors (Lipinski definition) is 2. The van der Waals surface area contributed by atoms with Gasteiger partial charge in [0.15, 0.2) is 0 Å². The third-order valence-electron chi connectivity index (χ3n) is 3.84. The van der Waals surface area contributed by atoms with Crippen molar-refractivity contribution in [3.8, 4) is 0 Å². The van der Waals surface area contributed by atoms with Crippen molar-refractivity contribution in [3.05, 3.63) is 0 Å². The van der Waals surface area contributed by atoms with Crippen molar-refractivity contribution in [1.29, 1.82) is 0 Å². The van der Waals surface area contributed by atoms with Crippen LogP contribution in [0.25, 0.3) is 0 Å². The standard InChI is InChI=1S/C10H19NO/c11-6-10(12)9-5-7-1-3-8(9)4-2-7/h7-10,12H,1-6,11H2/t7?,8?,9?,10-/m1/s1. The third-order valence-corrected chi connectivity index (χ3v) is 3.84. The summed E-state index contributed by atoms with van der Waals surface area (Å²) in [6, 6.07) is 0. The zero-order valence-electron chi connectivity index (χ0n) is 7.58. The monoisotopic (exact) mass is 169 g/mol. The first-order chi connectivity index (χ1) is 5.81. The van der Waals surface area contributed by atoms with Gasteiger partial charge in [0.25, 0.3) is 0 Å². The molecule has 1 unspecified atom stereocenters. The Morgan fingerprint density at radius 1 is 1.25 bits per heavy atom. The molecule has 3 aliphatic rings. The summed E-state index contributed by atoms with van der Waals surface area (Å²) in [6.45, 7) is 0.452. The van der Waals surface area contributed by atoms with Gasteiger partial charge in [-0.25, -0.2) is 0 Å². The number of nitrogens with two attached hydrogens (primary N) is 1. The van der Waals surface area contributed by atoms with E-state index in [9.17, 15) is 5.11 Å². The van der Waals surface area contributed by atoms with Crippen molar-refractivity contribution in [1.82, 2.24) is 0 Å². The first-order valence-corrected chi connectivity index (χ1v) is 5.19. The van der Waals surface area contributed by atoms with Gasteiger partial charge >= 0.3 is 0 Å². The fourth-order valence-corrected chi connectivity index (χ4v) is 3.08. The van der Waals surface area contributed by atoms with Gasteiger partial charge in [-0.2, -0.15) is 0 Å². The maximum Gasteiger partial charge on any atom is 0.0693 e. The zero-order valence-corrected chi connectivity index (χ0v) is 7.58. The Labute approximate surface area is 74.1 Å². The van der Waals surface area contributed by atoms with E-state index >= 15 is 0 Å². The van der Waals surface area contributed by atoms with Crippen molar-refractivity contribution >= 4 is 0 Å². The first-order valence-electron chi connectivity index (χ1n) is 5.19. The van der Waals surface area contributed by atoms with Gasteiger partial charge in [0, 0.05) is 6.54 Å². The topological polar surface area (TPSA) is 46.2 Å². The summed E-state index contributed by atoms with van der Waals surface area (Å²) < 4.78 is 0. The van der Waals surface area contributed by atoms with Gasteiger partial charge in [-0.15, -0.1) is 0 Å². The highest BCUT2D eigenvalue weighted by atomic mass is 16.3. The van der Waals surface area contributed by atoms with Crippen LogP contribution in [0.2, 0.25) is 0 Å². The van der Waals surface area contributed by atoms with E-state index in [1.165, 1.54) is 32.1 Å². The van der Waals surface area contributed by atoms with Gasteiger partial charge in [-0.05, 0) is 37.0 Å². The number of rotatable bonds is 2. The minimum atomic E-state index is -0.224. The van der Waals surface area contributed by atoms with E-state index in [0.717, 1.165) is 11.8 Å². The molecule has 0 heterocycles. The van der Waals surface area contributed by atoms with Crippen molar-refractivity contribution in [2.45, 2.75) is 38.2 Å². The van der Waals surface area contributed by atoms with Crippen LogP contribution in [0.5, 0.6) is 0 Å². The molecule has 0 aromatic carbocycles. The van der Waals surface area contributed by atoms with E-state index in [4.69, 9.17) is 5.73 Å². The van der Waals surface area contributed by atoms with Crippen LogP contribution in [0, 0.1) is 17.8 Å². The molecule has 2 nitrogen and oxygen atoms in total. The molecule has 2 atom stereocenters. The summed E-state index contributed by atoms with van der Waals surface area (Å²) in [7, 11) is 0. The summed E-state index contributed by atoms with van der Waals surface area (Å²) in [6.07, 6.45) is 6.50. The molecular weight excluding hydrogens is 150 g/mol. The lowest BCUT2D eigenvalue weighted by Gasteiger charge is -2.44. The van der Waals surface area contributed by atoms with Crippen molar-refractivity contribution in [3.63, 3.8) is 0 Å². The van der Waals surface area contributed by atoms with Gasteiger partial charge in [0.05, 0.1) is 6.10 Å². The van der Waals surface area contributed by atoms with Crippen LogP contribution in [0.4, 0.5) is 0 Å². The number of aliphatic hydroxyl groups is 1. The Balaban J connectivity index is 1.99. The normalized spacial score (nSPS) is 43.0. The number of fused-ring (bicyclic) bond motifs is 3. The predicted octanol–water partition coefficient (Wildman–Crippen LogP) is 1.13. The third kappa shape index (κ3) is 1.38. The fourth-order valence-electron chi connectivity index (χ4n) is 3.08. The van der Waals surface area contributed by atoms with E-state index in [2.05, 4.69) is 0 Å². The maximum atomic E-state index is 9.68. The summed E-state index contributed by atoms with van der Waals surface area (Å²) >= 11 is 0. The van der Waals surface area contributed by atoms with Gasteiger partial charge in [0.2, 0.25) is 0 Å². The molecule has 3 N–H and O–H groups in total. The zero-order chi connectivity index (χ0) is 8.55. The molecule has 3 aliphatic carbocycles. The average molecular weight is 169 g/mol. The van der Waals surface area contributed by atoms with Crippen LogP contribution in [0.15, 0.2) is 0 Å². The lowest BCUT2D eigenvalue weighted by atomic mass is 9.63. The van der Waals surface area contributed by atoms with E-state index in [1.807, 2.05) is 0 Å². The summed E-state index contributed by atoms with van der Waals surface area (Å²) in [5.74, 6) is 2.22. The highest BCUT2D eigenvalue weighted by Crippen LogP contribution is 2.45. The van der Waals surface area contributed by atoms with Crippen LogP contribution < -0.4 is 5.73 Å². The van der Waals surface area contributed by atoms with Crippen LogP contribution in [0.3, 0.4) is 0 Å². The second-order valence-electron chi connectivity index (χ2n) is 4.48.